The van der Waals surface area contributed by atoms with Gasteiger partial charge in [0.1, 0.15) is 0 Å². The van der Waals surface area contributed by atoms with Gasteiger partial charge in [0.25, 0.3) is 0 Å². The van der Waals surface area contributed by atoms with Crippen LogP contribution in [0.5, 0.6) is 5.75 Å². The number of benzene rings is 1. The number of nitrogens with zero attached hydrogens (tertiary/aromatic N) is 1. The van der Waals surface area contributed by atoms with Crippen molar-refractivity contribution in [1.29, 1.82) is 0 Å². The maximum absolute atomic E-state index is 13.8. The molecule has 0 amide bonds. The van der Waals surface area contributed by atoms with E-state index in [4.69, 9.17) is 15.7 Å². The Kier molecular flexibility index (Phi) is 5.21. The van der Waals surface area contributed by atoms with Gasteiger partial charge in [-0.05, 0) is 34.5 Å². The summed E-state index contributed by atoms with van der Waals surface area (Å²) >= 11 is 3.05. The molecule has 0 radical (unpaired) electrons. The van der Waals surface area contributed by atoms with Crippen molar-refractivity contribution in [2.45, 2.75) is 19.8 Å². The monoisotopic (exact) mass is 304 g/mol. The lowest BCUT2D eigenvalue weighted by Gasteiger charge is -2.10. The maximum atomic E-state index is 13.8. The van der Waals surface area contributed by atoms with Gasteiger partial charge in [-0.1, -0.05) is 18.5 Å². The van der Waals surface area contributed by atoms with E-state index in [2.05, 4.69) is 21.1 Å². The average Bonchev–Trinajstić information content (AvgIpc) is 2.34. The van der Waals surface area contributed by atoms with Crippen molar-refractivity contribution in [1.82, 2.24) is 0 Å². The van der Waals surface area contributed by atoms with Gasteiger partial charge in [-0.3, -0.25) is 0 Å². The first-order valence-corrected chi connectivity index (χ1v) is 5.99. The van der Waals surface area contributed by atoms with Crippen LogP contribution in [-0.4, -0.2) is 17.6 Å². The van der Waals surface area contributed by atoms with E-state index in [0.717, 1.165) is 12.8 Å². The summed E-state index contributed by atoms with van der Waals surface area (Å²) in [6.07, 6.45) is 1.84. The van der Waals surface area contributed by atoms with Crippen LogP contribution in [0.25, 0.3) is 0 Å². The van der Waals surface area contributed by atoms with Gasteiger partial charge in [-0.25, -0.2) is 4.39 Å². The first-order chi connectivity index (χ1) is 8.11. The average molecular weight is 305 g/mol. The Hall–Kier alpha value is -1.30. The van der Waals surface area contributed by atoms with E-state index >= 15 is 0 Å². The highest BCUT2D eigenvalue weighted by molar-refractivity contribution is 9.10. The minimum Gasteiger partial charge on any atom is -0.490 e. The van der Waals surface area contributed by atoms with Crippen LogP contribution in [0, 0.1) is 5.82 Å². The quantitative estimate of drug-likeness (QED) is 0.289. The molecular weight excluding hydrogens is 291 g/mol. The number of rotatable bonds is 5. The summed E-state index contributed by atoms with van der Waals surface area (Å²) in [5, 5.41) is 11.4. The van der Waals surface area contributed by atoms with Crippen molar-refractivity contribution in [3.63, 3.8) is 0 Å². The van der Waals surface area contributed by atoms with Gasteiger partial charge in [0.15, 0.2) is 17.4 Å². The lowest BCUT2D eigenvalue weighted by atomic mass is 10.2. The van der Waals surface area contributed by atoms with Crippen LogP contribution in [0.15, 0.2) is 21.8 Å². The predicted molar refractivity (Wildman–Crippen MR) is 67.0 cm³/mol. The SMILES string of the molecule is CCCCOc1ccc(/C(N)=N/O)c(Br)c1F. The fraction of sp³-hybridized carbons (Fsp3) is 0.364. The fourth-order valence-electron chi connectivity index (χ4n) is 1.22. The van der Waals surface area contributed by atoms with Crippen LogP contribution in [0.1, 0.15) is 25.3 Å². The summed E-state index contributed by atoms with van der Waals surface area (Å²) in [5.74, 6) is -0.555. The molecule has 1 aromatic carbocycles. The molecule has 1 aromatic rings. The molecule has 0 aliphatic rings. The molecule has 0 atom stereocenters. The molecule has 4 nitrogen and oxygen atoms in total. The van der Waals surface area contributed by atoms with Gasteiger partial charge >= 0.3 is 0 Å². The first-order valence-electron chi connectivity index (χ1n) is 5.20. The van der Waals surface area contributed by atoms with Crippen LogP contribution in [0.4, 0.5) is 4.39 Å². The fourth-order valence-corrected chi connectivity index (χ4v) is 1.75. The maximum Gasteiger partial charge on any atom is 0.179 e. The van der Waals surface area contributed by atoms with Crippen LogP contribution in [0.2, 0.25) is 0 Å². The lowest BCUT2D eigenvalue weighted by Crippen LogP contribution is -2.14. The highest BCUT2D eigenvalue weighted by Gasteiger charge is 2.14. The van der Waals surface area contributed by atoms with Crippen molar-refractivity contribution in [3.8, 4) is 5.75 Å². The normalized spacial score (nSPS) is 11.6. The molecule has 0 saturated heterocycles. The molecule has 0 aliphatic heterocycles. The molecule has 0 spiro atoms. The van der Waals surface area contributed by atoms with E-state index in [1.807, 2.05) is 6.92 Å². The molecule has 6 heteroatoms. The zero-order chi connectivity index (χ0) is 12.8. The Balaban J connectivity index is 2.94. The third kappa shape index (κ3) is 3.33. The predicted octanol–water partition coefficient (Wildman–Crippen LogP) is 2.86. The van der Waals surface area contributed by atoms with Gasteiger partial charge in [0, 0.05) is 5.56 Å². The number of ether oxygens (including phenoxy) is 1. The summed E-state index contributed by atoms with van der Waals surface area (Å²) in [6, 6.07) is 2.99. The zero-order valence-corrected chi connectivity index (χ0v) is 11.0. The van der Waals surface area contributed by atoms with Gasteiger partial charge in [0.2, 0.25) is 0 Å². The molecule has 0 aromatic heterocycles. The third-order valence-corrected chi connectivity index (χ3v) is 2.96. The zero-order valence-electron chi connectivity index (χ0n) is 9.41. The highest BCUT2D eigenvalue weighted by Crippen LogP contribution is 2.28. The number of oxime groups is 1. The molecule has 3 N–H and O–H groups in total. The van der Waals surface area contributed by atoms with Crippen molar-refractivity contribution in [2.24, 2.45) is 10.9 Å². The molecule has 0 saturated carbocycles. The van der Waals surface area contributed by atoms with Crippen LogP contribution < -0.4 is 10.5 Å². The third-order valence-electron chi connectivity index (χ3n) is 2.19. The lowest BCUT2D eigenvalue weighted by molar-refractivity contribution is 0.293. The molecule has 0 bridgehead atoms. The van der Waals surface area contributed by atoms with Gasteiger partial charge in [-0.2, -0.15) is 0 Å². The summed E-state index contributed by atoms with van der Waals surface area (Å²) in [4.78, 5) is 0. The number of nitrogens with two attached hydrogens (primary N) is 1. The van der Waals surface area contributed by atoms with Gasteiger partial charge < -0.3 is 15.7 Å². The number of amidine groups is 1. The Morgan fingerprint density at radius 2 is 2.29 bits per heavy atom. The topological polar surface area (TPSA) is 67.8 Å². The van der Waals surface area contributed by atoms with E-state index in [1.165, 1.54) is 12.1 Å². The second-order valence-electron chi connectivity index (χ2n) is 3.43. The van der Waals surface area contributed by atoms with Crippen molar-refractivity contribution in [2.75, 3.05) is 6.61 Å². The molecule has 94 valence electrons. The molecule has 1 rings (SSSR count). The van der Waals surface area contributed by atoms with E-state index in [1.54, 1.807) is 0 Å². The van der Waals surface area contributed by atoms with Gasteiger partial charge in [-0.15, -0.1) is 0 Å². The Morgan fingerprint density at radius 1 is 1.59 bits per heavy atom. The Morgan fingerprint density at radius 3 is 2.88 bits per heavy atom. The van der Waals surface area contributed by atoms with E-state index < -0.39 is 5.82 Å². The minimum atomic E-state index is -0.551. The van der Waals surface area contributed by atoms with Gasteiger partial charge in [0.05, 0.1) is 11.1 Å². The number of hydrogen-bond acceptors (Lipinski definition) is 3. The van der Waals surface area contributed by atoms with Crippen molar-refractivity contribution < 1.29 is 14.3 Å². The summed E-state index contributed by atoms with van der Waals surface area (Å²) in [7, 11) is 0. The second-order valence-corrected chi connectivity index (χ2v) is 4.22. The molecule has 0 unspecified atom stereocenters. The number of unbranched alkanes of at least 4 members (excludes halogenated alkanes) is 1. The smallest absolute Gasteiger partial charge is 0.179 e. The van der Waals surface area contributed by atoms with Crippen LogP contribution in [-0.2, 0) is 0 Å². The number of hydrogen-bond donors (Lipinski definition) is 2. The Bertz CT molecular complexity index is 424. The first kappa shape index (κ1) is 13.8. The minimum absolute atomic E-state index is 0.127. The standard InChI is InChI=1S/C11H14BrFN2O2/c1-2-3-6-17-8-5-4-7(11(14)15-16)9(12)10(8)13/h4-5,16H,2-3,6H2,1H3,(H2,14,15). The van der Waals surface area contributed by atoms with E-state index in [9.17, 15) is 4.39 Å². The van der Waals surface area contributed by atoms with Crippen molar-refractivity contribution >= 4 is 21.8 Å². The van der Waals surface area contributed by atoms with Crippen molar-refractivity contribution in [3.05, 3.63) is 28.0 Å². The van der Waals surface area contributed by atoms with E-state index in [-0.39, 0.29) is 21.6 Å². The summed E-state index contributed by atoms with van der Waals surface area (Å²) < 4.78 is 19.2. The highest BCUT2D eigenvalue weighted by atomic mass is 79.9. The molecular formula is C11H14BrFN2O2. The van der Waals surface area contributed by atoms with Crippen LogP contribution in [0.3, 0.4) is 0 Å². The molecule has 0 fully saturated rings. The summed E-state index contributed by atoms with van der Waals surface area (Å²) in [5.41, 5.74) is 5.68. The van der Waals surface area contributed by atoms with Crippen LogP contribution >= 0.6 is 15.9 Å². The second kappa shape index (κ2) is 6.44. The number of halogens is 2. The summed E-state index contributed by atoms with van der Waals surface area (Å²) in [6.45, 7) is 2.49. The molecule has 0 heterocycles. The Labute approximate surface area is 107 Å². The molecule has 0 aliphatic carbocycles. The largest absolute Gasteiger partial charge is 0.490 e. The molecule has 17 heavy (non-hydrogen) atoms. The van der Waals surface area contributed by atoms with E-state index in [0.29, 0.717) is 6.61 Å².